The Morgan fingerprint density at radius 3 is 2.55 bits per heavy atom. The molecule has 0 saturated carbocycles. The summed E-state index contributed by atoms with van der Waals surface area (Å²) in [4.78, 5) is 14.8. The molecule has 2 aromatic carbocycles. The number of fused-ring (bicyclic) bond motifs is 1. The van der Waals surface area contributed by atoms with Gasteiger partial charge in [0.15, 0.2) is 0 Å². The molecular weight excluding hydrogens is 543 g/mol. The van der Waals surface area contributed by atoms with E-state index in [4.69, 9.17) is 14.2 Å². The lowest BCUT2D eigenvalue weighted by molar-refractivity contribution is -0.348. The Balaban J connectivity index is 1.34. The Morgan fingerprint density at radius 1 is 1.18 bits per heavy atom. The fraction of sp³-hybridized carbons (Fsp3) is 0.414. The number of anilines is 1. The lowest BCUT2D eigenvalue weighted by atomic mass is 9.75. The molecule has 3 atom stereocenters. The first-order chi connectivity index (χ1) is 19.0. The molecule has 40 heavy (non-hydrogen) atoms. The molecule has 11 heteroatoms. The number of nitrogens with zero attached hydrogens (tertiary/aromatic N) is 2. The van der Waals surface area contributed by atoms with Crippen molar-refractivity contribution in [1.82, 2.24) is 10.3 Å². The summed E-state index contributed by atoms with van der Waals surface area (Å²) < 4.78 is 57.1. The molecule has 4 aliphatic rings. The van der Waals surface area contributed by atoms with Crippen molar-refractivity contribution >= 4 is 23.4 Å². The number of hydrogen-bond donors (Lipinski definition) is 1. The molecule has 3 saturated heterocycles. The number of nitrogens with one attached hydrogen (secondary N) is 1. The summed E-state index contributed by atoms with van der Waals surface area (Å²) in [6.07, 6.45) is 3.79. The Hall–Kier alpha value is -2.99. The molecule has 3 unspecified atom stereocenters. The van der Waals surface area contributed by atoms with Crippen LogP contribution in [0.5, 0.6) is 5.75 Å². The van der Waals surface area contributed by atoms with Gasteiger partial charge < -0.3 is 14.2 Å². The number of halogens is 3. The lowest BCUT2D eigenvalue weighted by Crippen LogP contribution is -2.73. The van der Waals surface area contributed by atoms with Gasteiger partial charge >= 0.3 is 12.1 Å². The van der Waals surface area contributed by atoms with Gasteiger partial charge in [0.05, 0.1) is 29.0 Å². The van der Waals surface area contributed by atoms with Crippen molar-refractivity contribution < 1.29 is 32.2 Å². The first-order valence-electron chi connectivity index (χ1n) is 13.0. The van der Waals surface area contributed by atoms with Gasteiger partial charge in [0, 0.05) is 4.90 Å². The maximum atomic E-state index is 13.1. The summed E-state index contributed by atoms with van der Waals surface area (Å²) in [6, 6.07) is 9.01. The second-order valence-electron chi connectivity index (χ2n) is 10.1. The zero-order chi connectivity index (χ0) is 28.7. The van der Waals surface area contributed by atoms with Crippen LogP contribution >= 0.6 is 11.8 Å². The van der Waals surface area contributed by atoms with Crippen LogP contribution in [-0.2, 0) is 20.4 Å². The maximum absolute atomic E-state index is 13.1. The molecule has 1 N–H and O–H groups in total. The van der Waals surface area contributed by atoms with E-state index in [1.54, 1.807) is 11.9 Å². The van der Waals surface area contributed by atoms with Gasteiger partial charge in [-0.1, -0.05) is 24.3 Å². The van der Waals surface area contributed by atoms with Crippen molar-refractivity contribution in [1.29, 1.82) is 0 Å². The van der Waals surface area contributed by atoms with Crippen LogP contribution in [0.3, 0.4) is 0 Å². The molecule has 7 nitrogen and oxygen atoms in total. The van der Waals surface area contributed by atoms with E-state index in [2.05, 4.69) is 17.6 Å². The molecule has 3 heterocycles. The lowest BCUT2D eigenvalue weighted by Gasteiger charge is -2.55. The standard InChI is InChI=1S/C29H32F3N3O4S/c1-5-37-25(36)17-40-24-16-19(2)23(15-20(24)3)38-18-27(13-7-6-8-14-27)29-33-35(26(39-29)34(29)4)22-11-9-21(10-12-22)28(30,31)32/h6-13,15-16,26,33H,5,14,17-18H2,1-4H3. The normalized spacial score (nSPS) is 25.7. The summed E-state index contributed by atoms with van der Waals surface area (Å²) in [6.45, 7) is 6.37. The molecule has 1 aliphatic carbocycles. The first kappa shape index (κ1) is 28.5. The highest BCUT2D eigenvalue weighted by atomic mass is 32.2. The largest absolute Gasteiger partial charge is 0.492 e. The number of thioether (sulfide) groups is 1. The fourth-order valence-corrected chi connectivity index (χ4v) is 6.20. The minimum atomic E-state index is -4.40. The number of alkyl halides is 3. The third-order valence-electron chi connectivity index (χ3n) is 7.50. The van der Waals surface area contributed by atoms with Crippen LogP contribution < -0.4 is 15.2 Å². The van der Waals surface area contributed by atoms with Crippen molar-refractivity contribution in [2.24, 2.45) is 5.41 Å². The van der Waals surface area contributed by atoms with E-state index < -0.39 is 29.4 Å². The number of carbonyl (C=O) groups is 1. The number of ether oxygens (including phenoxy) is 3. The Labute approximate surface area is 235 Å². The zero-order valence-corrected chi connectivity index (χ0v) is 23.6. The van der Waals surface area contributed by atoms with E-state index in [0.29, 0.717) is 18.7 Å². The number of esters is 1. The van der Waals surface area contributed by atoms with Crippen LogP contribution in [0, 0.1) is 19.3 Å². The van der Waals surface area contributed by atoms with Gasteiger partial charge in [0.1, 0.15) is 12.4 Å². The molecule has 0 aromatic heterocycles. The molecule has 0 amide bonds. The molecule has 2 aromatic rings. The van der Waals surface area contributed by atoms with Crippen LogP contribution in [0.15, 0.2) is 65.6 Å². The second-order valence-corrected chi connectivity index (χ2v) is 11.2. The van der Waals surface area contributed by atoms with Gasteiger partial charge in [0.2, 0.25) is 12.2 Å². The van der Waals surface area contributed by atoms with Gasteiger partial charge in [-0.05, 0) is 81.8 Å². The molecule has 3 aliphatic heterocycles. The summed E-state index contributed by atoms with van der Waals surface area (Å²) in [7, 11) is 1.92. The van der Waals surface area contributed by atoms with Gasteiger partial charge in [-0.2, -0.15) is 18.6 Å². The summed E-state index contributed by atoms with van der Waals surface area (Å²) in [5, 5.41) is 1.75. The Morgan fingerprint density at radius 2 is 1.93 bits per heavy atom. The number of benzene rings is 2. The van der Waals surface area contributed by atoms with Crippen LogP contribution in [0.1, 0.15) is 30.0 Å². The average Bonchev–Trinajstić information content (AvgIpc) is 3.49. The highest BCUT2D eigenvalue weighted by molar-refractivity contribution is 8.00. The van der Waals surface area contributed by atoms with Gasteiger partial charge in [-0.15, -0.1) is 11.8 Å². The predicted molar refractivity (Wildman–Crippen MR) is 147 cm³/mol. The molecule has 0 radical (unpaired) electrons. The van der Waals surface area contributed by atoms with Crippen LogP contribution in [-0.4, -0.2) is 49.1 Å². The summed E-state index contributed by atoms with van der Waals surface area (Å²) in [5.74, 6) is -0.239. The third-order valence-corrected chi connectivity index (χ3v) is 8.63. The zero-order valence-electron chi connectivity index (χ0n) is 22.7. The van der Waals surface area contributed by atoms with Crippen LogP contribution in [0.4, 0.5) is 18.9 Å². The number of allylic oxidation sites excluding steroid dienone is 3. The average molecular weight is 576 g/mol. The maximum Gasteiger partial charge on any atom is 0.416 e. The van der Waals surface area contributed by atoms with E-state index in [9.17, 15) is 18.0 Å². The fourth-order valence-electron chi connectivity index (χ4n) is 5.29. The van der Waals surface area contributed by atoms with E-state index in [0.717, 1.165) is 33.9 Å². The number of aryl methyl sites for hydroxylation is 2. The second kappa shape index (κ2) is 10.8. The number of hydrazine groups is 1. The van der Waals surface area contributed by atoms with Gasteiger partial charge in [0.25, 0.3) is 0 Å². The van der Waals surface area contributed by atoms with Gasteiger partial charge in [-0.25, -0.2) is 4.90 Å². The van der Waals surface area contributed by atoms with E-state index >= 15 is 0 Å². The van der Waals surface area contributed by atoms with E-state index in [-0.39, 0.29) is 18.3 Å². The van der Waals surface area contributed by atoms with Gasteiger partial charge in [-0.3, -0.25) is 9.80 Å². The van der Waals surface area contributed by atoms with Crippen LogP contribution in [0.25, 0.3) is 0 Å². The SMILES string of the molecule is CCOC(=O)CSc1cc(C)c(OCC2(C34NN(c5ccc(C(F)(F)F)cc5)C(O3)N4C)C=CC=CC2)cc1C. The van der Waals surface area contributed by atoms with Crippen molar-refractivity contribution in [3.05, 3.63) is 77.4 Å². The topological polar surface area (TPSA) is 63.3 Å². The van der Waals surface area contributed by atoms with Crippen LogP contribution in [0.2, 0.25) is 0 Å². The van der Waals surface area contributed by atoms with E-state index in [1.165, 1.54) is 23.9 Å². The highest BCUT2D eigenvalue weighted by Gasteiger charge is 2.71. The smallest absolute Gasteiger partial charge is 0.416 e. The third kappa shape index (κ3) is 5.00. The minimum absolute atomic E-state index is 0.239. The molecule has 0 spiro atoms. The molecular formula is C29H32F3N3O4S. The van der Waals surface area contributed by atoms with Crippen molar-refractivity contribution in [2.75, 3.05) is 31.0 Å². The number of carbonyl (C=O) groups excluding carboxylic acids is 1. The Kier molecular flexibility index (Phi) is 7.68. The minimum Gasteiger partial charge on any atom is -0.492 e. The van der Waals surface area contributed by atoms with E-state index in [1.807, 2.05) is 50.1 Å². The first-order valence-corrected chi connectivity index (χ1v) is 14.0. The van der Waals surface area contributed by atoms with Crippen molar-refractivity contribution in [3.63, 3.8) is 0 Å². The Bertz CT molecular complexity index is 1330. The summed E-state index contributed by atoms with van der Waals surface area (Å²) >= 11 is 1.44. The van der Waals surface area contributed by atoms with Crippen molar-refractivity contribution in [3.8, 4) is 5.75 Å². The predicted octanol–water partition coefficient (Wildman–Crippen LogP) is 5.78. The molecule has 214 valence electrons. The quantitative estimate of drug-likeness (QED) is 0.298. The number of hydrogen-bond acceptors (Lipinski definition) is 8. The summed E-state index contributed by atoms with van der Waals surface area (Å²) in [5.41, 5.74) is 4.59. The molecule has 6 rings (SSSR count). The van der Waals surface area contributed by atoms with Crippen molar-refractivity contribution in [2.45, 2.75) is 50.5 Å². The monoisotopic (exact) mass is 575 g/mol. The molecule has 3 fully saturated rings. The highest BCUT2D eigenvalue weighted by Crippen LogP contribution is 2.54. The number of rotatable bonds is 9. The molecule has 2 bridgehead atoms.